The summed E-state index contributed by atoms with van der Waals surface area (Å²) in [4.78, 5) is 12.5. The fourth-order valence-corrected chi connectivity index (χ4v) is 2.78. The van der Waals surface area contributed by atoms with Gasteiger partial charge in [0.1, 0.15) is 5.52 Å². The number of nitrogens with zero attached hydrogens (tertiary/aromatic N) is 3. The average molecular weight is 385 g/mol. The number of aryl methyl sites for hydroxylation is 2. The van der Waals surface area contributed by atoms with Gasteiger partial charge in [0.2, 0.25) is 5.89 Å². The molecule has 8 heteroatoms. The molecule has 0 amide bonds. The number of aromatic nitrogens is 3. The Kier molecular flexibility index (Phi) is 4.16. The molecule has 0 N–H and O–H groups in total. The second-order valence-corrected chi connectivity index (χ2v) is 6.41. The van der Waals surface area contributed by atoms with Gasteiger partial charge in [-0.3, -0.25) is 5.11 Å². The maximum atomic E-state index is 13.9. The standard InChI is InChI=1S/C19H12ClFN3O3/c1-9-5-11(6-10(2)16(9)25)17-23-14-8-22-19(24-18(14)27-17)26-15-4-3-12(20)7-13(15)21/h3-8H,1-2H3. The topological polar surface area (TPSA) is 80.9 Å². The smallest absolute Gasteiger partial charge is 0.325 e. The molecule has 4 rings (SSSR count). The van der Waals surface area contributed by atoms with Gasteiger partial charge in [-0.15, -0.1) is 0 Å². The van der Waals surface area contributed by atoms with Gasteiger partial charge in [0, 0.05) is 10.6 Å². The van der Waals surface area contributed by atoms with Crippen molar-refractivity contribution in [3.63, 3.8) is 0 Å². The van der Waals surface area contributed by atoms with Crippen molar-refractivity contribution in [1.82, 2.24) is 15.0 Å². The Morgan fingerprint density at radius 3 is 2.56 bits per heavy atom. The van der Waals surface area contributed by atoms with Crippen molar-refractivity contribution < 1.29 is 18.7 Å². The molecule has 4 aromatic rings. The van der Waals surface area contributed by atoms with Gasteiger partial charge in [0.15, 0.2) is 17.3 Å². The SMILES string of the molecule is Cc1cc(-c2nc3cnc(Oc4ccc(Cl)cc4F)nc3o2)cc(C)c1[O]. The maximum Gasteiger partial charge on any atom is 0.325 e. The van der Waals surface area contributed by atoms with E-state index in [1.807, 2.05) is 0 Å². The molecule has 6 nitrogen and oxygen atoms in total. The van der Waals surface area contributed by atoms with Crippen molar-refractivity contribution in [3.05, 3.63) is 58.5 Å². The monoisotopic (exact) mass is 384 g/mol. The lowest BCUT2D eigenvalue weighted by atomic mass is 10.1. The third-order valence-electron chi connectivity index (χ3n) is 3.93. The van der Waals surface area contributed by atoms with Crippen molar-refractivity contribution in [2.75, 3.05) is 0 Å². The Morgan fingerprint density at radius 2 is 1.85 bits per heavy atom. The number of hydrogen-bond acceptors (Lipinski definition) is 5. The number of benzene rings is 2. The van der Waals surface area contributed by atoms with Crippen LogP contribution in [0.25, 0.3) is 22.7 Å². The van der Waals surface area contributed by atoms with Crippen molar-refractivity contribution in [1.29, 1.82) is 0 Å². The van der Waals surface area contributed by atoms with Crippen molar-refractivity contribution in [2.24, 2.45) is 0 Å². The van der Waals surface area contributed by atoms with Crippen molar-refractivity contribution >= 4 is 22.8 Å². The zero-order chi connectivity index (χ0) is 19.1. The van der Waals surface area contributed by atoms with E-state index in [9.17, 15) is 9.50 Å². The summed E-state index contributed by atoms with van der Waals surface area (Å²) in [5, 5.41) is 12.1. The third kappa shape index (κ3) is 3.29. The van der Waals surface area contributed by atoms with Crippen LogP contribution >= 0.6 is 11.6 Å². The predicted molar refractivity (Wildman–Crippen MR) is 96.1 cm³/mol. The van der Waals surface area contributed by atoms with E-state index in [1.54, 1.807) is 26.0 Å². The van der Waals surface area contributed by atoms with Crippen LogP contribution in [0.1, 0.15) is 11.1 Å². The Balaban J connectivity index is 1.70. The zero-order valence-corrected chi connectivity index (χ0v) is 15.0. The molecular formula is C19H12ClFN3O3. The highest BCUT2D eigenvalue weighted by Crippen LogP contribution is 2.31. The predicted octanol–water partition coefficient (Wildman–Crippen LogP) is 5.63. The van der Waals surface area contributed by atoms with Crippen LogP contribution in [0.2, 0.25) is 5.02 Å². The van der Waals surface area contributed by atoms with Crippen molar-refractivity contribution in [3.8, 4) is 29.0 Å². The second kappa shape index (κ2) is 6.51. The molecule has 0 atom stereocenters. The fraction of sp³-hybridized carbons (Fsp3) is 0.105. The van der Waals surface area contributed by atoms with Crippen molar-refractivity contribution in [2.45, 2.75) is 13.8 Å². The Morgan fingerprint density at radius 1 is 1.11 bits per heavy atom. The highest BCUT2D eigenvalue weighted by atomic mass is 35.5. The third-order valence-corrected chi connectivity index (χ3v) is 4.17. The molecule has 2 aromatic heterocycles. The molecule has 0 spiro atoms. The highest BCUT2D eigenvalue weighted by molar-refractivity contribution is 6.30. The molecule has 135 valence electrons. The average Bonchev–Trinajstić information content (AvgIpc) is 3.05. The van der Waals surface area contributed by atoms with Gasteiger partial charge >= 0.3 is 6.01 Å². The maximum absolute atomic E-state index is 13.9. The first-order valence-corrected chi connectivity index (χ1v) is 8.33. The molecule has 0 unspecified atom stereocenters. The minimum Gasteiger partial charge on any atom is -0.421 e. The zero-order valence-electron chi connectivity index (χ0n) is 14.3. The van der Waals surface area contributed by atoms with Crippen LogP contribution in [-0.4, -0.2) is 15.0 Å². The number of hydrogen-bond donors (Lipinski definition) is 0. The molecule has 0 fully saturated rings. The number of rotatable bonds is 3. The first-order chi connectivity index (χ1) is 12.9. The molecule has 27 heavy (non-hydrogen) atoms. The minimum absolute atomic E-state index is 0.0182. The van der Waals surface area contributed by atoms with Crippen LogP contribution in [-0.2, 0) is 5.11 Å². The van der Waals surface area contributed by atoms with Crippen LogP contribution in [0.5, 0.6) is 17.5 Å². The van der Waals surface area contributed by atoms with Gasteiger partial charge in [0.05, 0.1) is 6.20 Å². The molecule has 1 radical (unpaired) electrons. The van der Waals surface area contributed by atoms with E-state index >= 15 is 0 Å². The summed E-state index contributed by atoms with van der Waals surface area (Å²) < 4.78 is 24.9. The van der Waals surface area contributed by atoms with Crippen LogP contribution in [0.4, 0.5) is 4.39 Å². The Hall–Kier alpha value is -3.19. The molecule has 0 aliphatic carbocycles. The van der Waals surface area contributed by atoms with Gasteiger partial charge in [-0.25, -0.2) is 14.4 Å². The highest BCUT2D eigenvalue weighted by Gasteiger charge is 2.15. The van der Waals surface area contributed by atoms with Gasteiger partial charge < -0.3 is 9.15 Å². The summed E-state index contributed by atoms with van der Waals surface area (Å²) in [5.74, 6) is -0.403. The normalized spacial score (nSPS) is 11.1. The largest absolute Gasteiger partial charge is 0.421 e. The van der Waals surface area contributed by atoms with Gasteiger partial charge in [-0.05, 0) is 55.3 Å². The first kappa shape index (κ1) is 17.2. The lowest BCUT2D eigenvalue weighted by Gasteiger charge is -2.04. The summed E-state index contributed by atoms with van der Waals surface area (Å²) in [6, 6.07) is 7.32. The summed E-state index contributed by atoms with van der Waals surface area (Å²) in [7, 11) is 0. The van der Waals surface area contributed by atoms with E-state index in [0.717, 1.165) is 6.07 Å². The number of ether oxygens (including phenoxy) is 1. The van der Waals surface area contributed by atoms with E-state index in [4.69, 9.17) is 20.8 Å². The Labute approximate surface area is 158 Å². The molecule has 0 aliphatic rings. The summed E-state index contributed by atoms with van der Waals surface area (Å²) in [5.41, 5.74) is 2.45. The van der Waals surface area contributed by atoms with Gasteiger partial charge in [-0.2, -0.15) is 4.98 Å². The van der Waals surface area contributed by atoms with Crippen LogP contribution in [0, 0.1) is 19.7 Å². The minimum atomic E-state index is -0.631. The molecule has 2 aromatic carbocycles. The molecule has 2 heterocycles. The molecular weight excluding hydrogens is 373 g/mol. The lowest BCUT2D eigenvalue weighted by molar-refractivity contribution is 0.348. The molecule has 0 aliphatic heterocycles. The number of oxazole rings is 1. The van der Waals surface area contributed by atoms with Crippen LogP contribution < -0.4 is 4.74 Å². The summed E-state index contributed by atoms with van der Waals surface area (Å²) in [6.07, 6.45) is 1.42. The summed E-state index contributed by atoms with van der Waals surface area (Å²) >= 11 is 5.72. The van der Waals surface area contributed by atoms with E-state index in [1.165, 1.54) is 18.3 Å². The number of fused-ring (bicyclic) bond motifs is 1. The number of halogens is 2. The van der Waals surface area contributed by atoms with E-state index in [2.05, 4.69) is 15.0 Å². The summed E-state index contributed by atoms with van der Waals surface area (Å²) in [6.45, 7) is 3.46. The quantitative estimate of drug-likeness (QED) is 0.457. The van der Waals surface area contributed by atoms with E-state index in [0.29, 0.717) is 28.1 Å². The van der Waals surface area contributed by atoms with E-state index < -0.39 is 5.82 Å². The van der Waals surface area contributed by atoms with Gasteiger partial charge in [0.25, 0.3) is 5.71 Å². The van der Waals surface area contributed by atoms with Crippen LogP contribution in [0.3, 0.4) is 0 Å². The van der Waals surface area contributed by atoms with Gasteiger partial charge in [-0.1, -0.05) is 11.6 Å². The first-order valence-electron chi connectivity index (χ1n) is 7.96. The van der Waals surface area contributed by atoms with Crippen LogP contribution in [0.15, 0.2) is 40.9 Å². The van der Waals surface area contributed by atoms with E-state index in [-0.39, 0.29) is 28.2 Å². The molecule has 0 saturated carbocycles. The second-order valence-electron chi connectivity index (χ2n) is 5.98. The molecule has 0 bridgehead atoms. The molecule has 0 saturated heterocycles. The Bertz CT molecular complexity index is 1150. The lowest BCUT2D eigenvalue weighted by Crippen LogP contribution is -1.93. The fourth-order valence-electron chi connectivity index (χ4n) is 2.62.